The van der Waals surface area contributed by atoms with Gasteiger partial charge in [-0.15, -0.1) is 5.10 Å². The van der Waals surface area contributed by atoms with Gasteiger partial charge >= 0.3 is 0 Å². The van der Waals surface area contributed by atoms with Gasteiger partial charge in [0.25, 0.3) is 0 Å². The minimum Gasteiger partial charge on any atom is -0.442 e. The van der Waals surface area contributed by atoms with Gasteiger partial charge in [-0.05, 0) is 18.4 Å². The number of ether oxygens (including phenoxy) is 1. The molecular formula is C13H10N2OS. The van der Waals surface area contributed by atoms with E-state index in [9.17, 15) is 0 Å². The Labute approximate surface area is 103 Å². The summed E-state index contributed by atoms with van der Waals surface area (Å²) in [5.74, 6) is 0.845. The fourth-order valence-corrected chi connectivity index (χ4v) is 2.24. The van der Waals surface area contributed by atoms with Crippen molar-refractivity contribution in [1.82, 2.24) is 9.59 Å². The number of hydrogen-bond donors (Lipinski definition) is 0. The number of hydrogen-bond acceptors (Lipinski definition) is 4. The number of rotatable bonds is 2. The number of aryl methyl sites for hydroxylation is 1. The van der Waals surface area contributed by atoms with Crippen LogP contribution in [0, 0.1) is 6.92 Å². The molecule has 3 rings (SSSR count). The van der Waals surface area contributed by atoms with E-state index in [1.807, 2.05) is 31.2 Å². The van der Waals surface area contributed by atoms with Crippen LogP contribution in [-0.4, -0.2) is 9.59 Å². The lowest BCUT2D eigenvalue weighted by Gasteiger charge is -2.06. The lowest BCUT2D eigenvalue weighted by molar-refractivity contribution is 0.497. The highest BCUT2D eigenvalue weighted by atomic mass is 32.1. The largest absolute Gasteiger partial charge is 0.442 e. The minimum atomic E-state index is 0.751. The molecular weight excluding hydrogens is 232 g/mol. The summed E-state index contributed by atoms with van der Waals surface area (Å²) < 4.78 is 9.72. The summed E-state index contributed by atoms with van der Waals surface area (Å²) in [5.41, 5.74) is 0.822. The maximum absolute atomic E-state index is 5.86. The summed E-state index contributed by atoms with van der Waals surface area (Å²) in [4.78, 5) is 0. The molecule has 0 unspecified atom stereocenters. The number of aromatic nitrogens is 2. The van der Waals surface area contributed by atoms with Crippen LogP contribution >= 0.6 is 11.5 Å². The highest BCUT2D eigenvalue weighted by Gasteiger charge is 2.07. The second kappa shape index (κ2) is 4.14. The summed E-state index contributed by atoms with van der Waals surface area (Å²) in [7, 11) is 0. The molecule has 0 aliphatic rings. The van der Waals surface area contributed by atoms with Crippen molar-refractivity contribution in [2.24, 2.45) is 0 Å². The summed E-state index contributed by atoms with van der Waals surface area (Å²) in [5, 5.41) is 6.95. The monoisotopic (exact) mass is 242 g/mol. The van der Waals surface area contributed by atoms with E-state index in [4.69, 9.17) is 4.74 Å². The average Bonchev–Trinajstić information content (AvgIpc) is 2.76. The first-order chi connectivity index (χ1) is 8.34. The zero-order valence-electron chi connectivity index (χ0n) is 9.25. The Morgan fingerprint density at radius 2 is 1.88 bits per heavy atom. The SMILES string of the molecule is Cc1nnsc1Oc1cccc2ccccc12. The van der Waals surface area contributed by atoms with Crippen molar-refractivity contribution in [3.63, 3.8) is 0 Å². The van der Waals surface area contributed by atoms with Gasteiger partial charge in [-0.25, -0.2) is 0 Å². The fraction of sp³-hybridized carbons (Fsp3) is 0.0769. The molecule has 0 saturated heterocycles. The Kier molecular flexibility index (Phi) is 2.49. The molecule has 4 heteroatoms. The van der Waals surface area contributed by atoms with E-state index in [0.29, 0.717) is 0 Å². The molecule has 1 aromatic heterocycles. The molecule has 0 aliphatic carbocycles. The van der Waals surface area contributed by atoms with Crippen LogP contribution in [0.4, 0.5) is 0 Å². The molecule has 3 nitrogen and oxygen atoms in total. The highest BCUT2D eigenvalue weighted by molar-refractivity contribution is 7.07. The molecule has 17 heavy (non-hydrogen) atoms. The van der Waals surface area contributed by atoms with Crippen LogP contribution in [-0.2, 0) is 0 Å². The summed E-state index contributed by atoms with van der Waals surface area (Å²) in [6, 6.07) is 14.2. The first-order valence-corrected chi connectivity index (χ1v) is 6.06. The molecule has 0 spiro atoms. The van der Waals surface area contributed by atoms with E-state index in [-0.39, 0.29) is 0 Å². The summed E-state index contributed by atoms with van der Waals surface area (Å²) >= 11 is 1.27. The van der Waals surface area contributed by atoms with E-state index >= 15 is 0 Å². The van der Waals surface area contributed by atoms with Crippen molar-refractivity contribution in [2.45, 2.75) is 6.92 Å². The van der Waals surface area contributed by atoms with Crippen molar-refractivity contribution in [1.29, 1.82) is 0 Å². The van der Waals surface area contributed by atoms with Gasteiger partial charge in [-0.1, -0.05) is 40.9 Å². The third-order valence-electron chi connectivity index (χ3n) is 2.56. The van der Waals surface area contributed by atoms with Crippen molar-refractivity contribution in [3.8, 4) is 10.8 Å². The third kappa shape index (κ3) is 1.87. The normalized spacial score (nSPS) is 10.6. The Hall–Kier alpha value is -1.94. The first kappa shape index (κ1) is 10.2. The van der Waals surface area contributed by atoms with E-state index in [2.05, 4.69) is 27.8 Å². The van der Waals surface area contributed by atoms with Crippen LogP contribution in [0.5, 0.6) is 10.8 Å². The van der Waals surface area contributed by atoms with E-state index in [0.717, 1.165) is 21.9 Å². The van der Waals surface area contributed by atoms with Crippen LogP contribution in [0.1, 0.15) is 5.69 Å². The molecule has 0 N–H and O–H groups in total. The van der Waals surface area contributed by atoms with Crippen molar-refractivity contribution in [3.05, 3.63) is 48.2 Å². The third-order valence-corrected chi connectivity index (χ3v) is 3.27. The zero-order chi connectivity index (χ0) is 11.7. The molecule has 2 aromatic carbocycles. The molecule has 0 fully saturated rings. The van der Waals surface area contributed by atoms with Gasteiger partial charge < -0.3 is 4.74 Å². The molecule has 0 bridgehead atoms. The second-order valence-electron chi connectivity index (χ2n) is 3.73. The van der Waals surface area contributed by atoms with Gasteiger partial charge in [0.1, 0.15) is 11.4 Å². The van der Waals surface area contributed by atoms with Crippen molar-refractivity contribution < 1.29 is 4.74 Å². The highest BCUT2D eigenvalue weighted by Crippen LogP contribution is 2.32. The van der Waals surface area contributed by atoms with Crippen LogP contribution in [0.3, 0.4) is 0 Å². The molecule has 3 aromatic rings. The Bertz CT molecular complexity index is 658. The smallest absolute Gasteiger partial charge is 0.223 e. The maximum atomic E-state index is 5.86. The lowest BCUT2D eigenvalue weighted by Crippen LogP contribution is -1.85. The zero-order valence-corrected chi connectivity index (χ0v) is 10.1. The topological polar surface area (TPSA) is 35.0 Å². The molecule has 0 aliphatic heterocycles. The van der Waals surface area contributed by atoms with Crippen LogP contribution in [0.25, 0.3) is 10.8 Å². The fourth-order valence-electron chi connectivity index (χ4n) is 1.70. The van der Waals surface area contributed by atoms with E-state index in [1.54, 1.807) is 0 Å². The Morgan fingerprint density at radius 3 is 2.71 bits per heavy atom. The molecule has 0 saturated carbocycles. The van der Waals surface area contributed by atoms with Crippen molar-refractivity contribution in [2.75, 3.05) is 0 Å². The molecule has 0 amide bonds. The average molecular weight is 242 g/mol. The number of fused-ring (bicyclic) bond motifs is 1. The molecule has 0 atom stereocenters. The Morgan fingerprint density at radius 1 is 1.06 bits per heavy atom. The first-order valence-electron chi connectivity index (χ1n) is 5.29. The van der Waals surface area contributed by atoms with E-state index in [1.165, 1.54) is 16.9 Å². The van der Waals surface area contributed by atoms with Gasteiger partial charge in [0, 0.05) is 16.9 Å². The number of nitrogens with zero attached hydrogens (tertiary/aromatic N) is 2. The maximum Gasteiger partial charge on any atom is 0.223 e. The van der Waals surface area contributed by atoms with Gasteiger partial charge in [0.2, 0.25) is 5.06 Å². The predicted molar refractivity (Wildman–Crippen MR) is 68.7 cm³/mol. The molecule has 1 heterocycles. The van der Waals surface area contributed by atoms with Crippen LogP contribution in [0.2, 0.25) is 0 Å². The van der Waals surface area contributed by atoms with Crippen LogP contribution in [0.15, 0.2) is 42.5 Å². The van der Waals surface area contributed by atoms with Gasteiger partial charge in [-0.3, -0.25) is 0 Å². The second-order valence-corrected chi connectivity index (χ2v) is 4.44. The van der Waals surface area contributed by atoms with Crippen LogP contribution < -0.4 is 4.74 Å². The van der Waals surface area contributed by atoms with Gasteiger partial charge in [0.05, 0.1) is 0 Å². The minimum absolute atomic E-state index is 0.751. The predicted octanol–water partition coefficient (Wildman–Crippen LogP) is 3.79. The molecule has 84 valence electrons. The lowest BCUT2D eigenvalue weighted by atomic mass is 10.1. The Balaban J connectivity index is 2.09. The van der Waals surface area contributed by atoms with Crippen molar-refractivity contribution >= 4 is 22.3 Å². The van der Waals surface area contributed by atoms with Gasteiger partial charge in [-0.2, -0.15) is 0 Å². The quantitative estimate of drug-likeness (QED) is 0.685. The summed E-state index contributed by atoms with van der Waals surface area (Å²) in [6.45, 7) is 1.89. The molecule has 0 radical (unpaired) electrons. The van der Waals surface area contributed by atoms with E-state index < -0.39 is 0 Å². The van der Waals surface area contributed by atoms with Gasteiger partial charge in [0.15, 0.2) is 0 Å². The number of benzene rings is 2. The summed E-state index contributed by atoms with van der Waals surface area (Å²) in [6.07, 6.45) is 0. The standard InChI is InChI=1S/C13H10N2OS/c1-9-13(17-15-14-9)16-12-8-4-6-10-5-2-3-7-11(10)12/h2-8H,1H3.